The van der Waals surface area contributed by atoms with Crippen LogP contribution in [0.2, 0.25) is 0 Å². The molecule has 2 heterocycles. The predicted octanol–water partition coefficient (Wildman–Crippen LogP) is 3.13. The molecule has 1 aromatic heterocycles. The van der Waals surface area contributed by atoms with Crippen molar-refractivity contribution in [3.05, 3.63) is 40.7 Å². The van der Waals surface area contributed by atoms with E-state index in [2.05, 4.69) is 20.2 Å². The van der Waals surface area contributed by atoms with Gasteiger partial charge in [0.15, 0.2) is 11.5 Å². The third-order valence-corrected chi connectivity index (χ3v) is 6.09. The molecule has 2 aromatic rings. The Labute approximate surface area is 177 Å². The number of aryl methyl sites for hydroxylation is 3. The van der Waals surface area contributed by atoms with Crippen molar-refractivity contribution in [2.45, 2.75) is 45.6 Å². The van der Waals surface area contributed by atoms with Gasteiger partial charge in [-0.3, -0.25) is 4.79 Å². The lowest BCUT2D eigenvalue weighted by molar-refractivity contribution is -0.126. The highest BCUT2D eigenvalue weighted by atomic mass is 16.5. The second kappa shape index (κ2) is 8.50. The Hall–Kier alpha value is -2.83. The number of hydrogen-bond acceptors (Lipinski definition) is 6. The summed E-state index contributed by atoms with van der Waals surface area (Å²) in [5, 5.41) is 3.29. The second-order valence-electron chi connectivity index (χ2n) is 8.24. The van der Waals surface area contributed by atoms with Gasteiger partial charge in [-0.2, -0.15) is 0 Å². The van der Waals surface area contributed by atoms with Crippen molar-refractivity contribution < 1.29 is 14.3 Å². The molecule has 1 fully saturated rings. The zero-order valence-electron chi connectivity index (χ0n) is 18.2. The van der Waals surface area contributed by atoms with E-state index in [0.29, 0.717) is 12.3 Å². The average Bonchev–Trinajstić information content (AvgIpc) is 3.13. The number of ether oxygens (including phenoxy) is 2. The minimum absolute atomic E-state index is 0.0140. The largest absolute Gasteiger partial charge is 0.493 e. The van der Waals surface area contributed by atoms with Gasteiger partial charge in [-0.1, -0.05) is 0 Å². The molecule has 7 nitrogen and oxygen atoms in total. The molecule has 2 aliphatic rings. The first-order chi connectivity index (χ1) is 14.5. The third-order valence-electron chi connectivity index (χ3n) is 6.09. The molecular weight excluding hydrogens is 380 g/mol. The van der Waals surface area contributed by atoms with E-state index in [0.717, 1.165) is 60.9 Å². The zero-order valence-corrected chi connectivity index (χ0v) is 18.2. The van der Waals surface area contributed by atoms with E-state index < -0.39 is 0 Å². The van der Waals surface area contributed by atoms with E-state index in [1.54, 1.807) is 14.2 Å². The van der Waals surface area contributed by atoms with Gasteiger partial charge in [-0.25, -0.2) is 9.97 Å². The van der Waals surface area contributed by atoms with Gasteiger partial charge in [0.2, 0.25) is 11.9 Å². The third kappa shape index (κ3) is 4.06. The minimum atomic E-state index is -0.0626. The number of rotatable bonds is 5. The summed E-state index contributed by atoms with van der Waals surface area (Å²) < 4.78 is 10.9. The van der Waals surface area contributed by atoms with Crippen LogP contribution in [0.15, 0.2) is 18.2 Å². The maximum atomic E-state index is 13.1. The number of carbonyl (C=O) groups excluding carboxylic acids is 1. The summed E-state index contributed by atoms with van der Waals surface area (Å²) in [6.07, 6.45) is 3.67. The highest BCUT2D eigenvalue weighted by molar-refractivity contribution is 5.80. The van der Waals surface area contributed by atoms with Gasteiger partial charge in [0.1, 0.15) is 0 Å². The van der Waals surface area contributed by atoms with Crippen LogP contribution >= 0.6 is 0 Å². The molecule has 4 rings (SSSR count). The molecule has 1 aliphatic heterocycles. The molecular formula is C23H30N4O3. The minimum Gasteiger partial charge on any atom is -0.493 e. The number of methoxy groups -OCH3 is 2. The Balaban J connectivity index is 1.46. The van der Waals surface area contributed by atoms with Crippen LogP contribution in [0.25, 0.3) is 0 Å². The molecule has 0 saturated carbocycles. The van der Waals surface area contributed by atoms with E-state index in [4.69, 9.17) is 9.47 Å². The Morgan fingerprint density at radius 2 is 1.77 bits per heavy atom. The van der Waals surface area contributed by atoms with Crippen molar-refractivity contribution in [3.63, 3.8) is 0 Å². The molecule has 1 aliphatic carbocycles. The SMILES string of the molecule is COc1cc2c(cc1OC)[C@@H](NC(=O)[C@H]1CCCN(c3nc(C)cc(C)n3)C1)CC2. The number of anilines is 1. The number of aromatic nitrogens is 2. The van der Waals surface area contributed by atoms with Crippen LogP contribution < -0.4 is 19.7 Å². The highest BCUT2D eigenvalue weighted by Gasteiger charge is 2.31. The number of benzene rings is 1. The van der Waals surface area contributed by atoms with Gasteiger partial charge in [0.25, 0.3) is 0 Å². The van der Waals surface area contributed by atoms with Gasteiger partial charge >= 0.3 is 0 Å². The quantitative estimate of drug-likeness (QED) is 0.816. The van der Waals surface area contributed by atoms with Gasteiger partial charge in [-0.05, 0) is 68.9 Å². The van der Waals surface area contributed by atoms with Crippen LogP contribution in [-0.4, -0.2) is 43.2 Å². The van der Waals surface area contributed by atoms with Crippen molar-refractivity contribution in [2.75, 3.05) is 32.2 Å². The van der Waals surface area contributed by atoms with Gasteiger partial charge < -0.3 is 19.7 Å². The average molecular weight is 411 g/mol. The molecule has 1 amide bonds. The number of amides is 1. The maximum Gasteiger partial charge on any atom is 0.225 e. The first-order valence-electron chi connectivity index (χ1n) is 10.6. The number of piperidine rings is 1. The van der Waals surface area contributed by atoms with Gasteiger partial charge in [0.05, 0.1) is 26.2 Å². The fourth-order valence-electron chi connectivity index (χ4n) is 4.59. The maximum absolute atomic E-state index is 13.1. The second-order valence-corrected chi connectivity index (χ2v) is 8.24. The molecule has 7 heteroatoms. The summed E-state index contributed by atoms with van der Waals surface area (Å²) in [4.78, 5) is 24.4. The Morgan fingerprint density at radius 3 is 2.47 bits per heavy atom. The van der Waals surface area contributed by atoms with Crippen molar-refractivity contribution >= 4 is 11.9 Å². The summed E-state index contributed by atoms with van der Waals surface area (Å²) >= 11 is 0. The number of nitrogens with one attached hydrogen (secondary N) is 1. The van der Waals surface area contributed by atoms with Gasteiger partial charge in [-0.15, -0.1) is 0 Å². The molecule has 1 saturated heterocycles. The smallest absolute Gasteiger partial charge is 0.225 e. The summed E-state index contributed by atoms with van der Waals surface area (Å²) in [7, 11) is 3.28. The van der Waals surface area contributed by atoms with Gasteiger partial charge in [0, 0.05) is 24.5 Å². The van der Waals surface area contributed by atoms with Crippen LogP contribution in [0.4, 0.5) is 5.95 Å². The fraction of sp³-hybridized carbons (Fsp3) is 0.522. The standard InChI is InChI=1S/C23H30N4O3/c1-14-10-15(2)25-23(24-14)27-9-5-6-17(13-27)22(28)26-19-8-7-16-11-20(29-3)21(30-4)12-18(16)19/h10-12,17,19H,5-9,13H2,1-4H3,(H,26,28)/t17-,19-/m0/s1. The molecule has 0 spiro atoms. The summed E-state index contributed by atoms with van der Waals surface area (Å²) in [5.41, 5.74) is 4.25. The fourth-order valence-corrected chi connectivity index (χ4v) is 4.59. The summed E-state index contributed by atoms with van der Waals surface area (Å²) in [6.45, 7) is 5.50. The predicted molar refractivity (Wildman–Crippen MR) is 115 cm³/mol. The molecule has 30 heavy (non-hydrogen) atoms. The first-order valence-corrected chi connectivity index (χ1v) is 10.6. The number of nitrogens with zero attached hydrogens (tertiary/aromatic N) is 3. The molecule has 160 valence electrons. The first kappa shape index (κ1) is 20.4. The van der Waals surface area contributed by atoms with E-state index in [1.807, 2.05) is 32.0 Å². The highest BCUT2D eigenvalue weighted by Crippen LogP contribution is 2.39. The van der Waals surface area contributed by atoms with Crippen LogP contribution in [0.1, 0.15) is 47.8 Å². The number of hydrogen-bond donors (Lipinski definition) is 1. The van der Waals surface area contributed by atoms with Crippen molar-refractivity contribution in [3.8, 4) is 11.5 Å². The summed E-state index contributed by atoms with van der Waals surface area (Å²) in [5.74, 6) is 2.21. The van der Waals surface area contributed by atoms with Crippen LogP contribution in [0, 0.1) is 19.8 Å². The van der Waals surface area contributed by atoms with E-state index in [9.17, 15) is 4.79 Å². The Kier molecular flexibility index (Phi) is 5.79. The van der Waals surface area contributed by atoms with Crippen LogP contribution in [0.3, 0.4) is 0 Å². The van der Waals surface area contributed by atoms with Crippen molar-refractivity contribution in [2.24, 2.45) is 5.92 Å². The normalized spacial score (nSPS) is 20.6. The molecule has 1 N–H and O–H groups in total. The lowest BCUT2D eigenvalue weighted by Gasteiger charge is -2.33. The van der Waals surface area contributed by atoms with Crippen molar-refractivity contribution in [1.82, 2.24) is 15.3 Å². The zero-order chi connectivity index (χ0) is 21.3. The monoisotopic (exact) mass is 410 g/mol. The van der Waals surface area contributed by atoms with E-state index >= 15 is 0 Å². The number of carbonyl (C=O) groups is 1. The Morgan fingerprint density at radius 1 is 1.07 bits per heavy atom. The Bertz CT molecular complexity index is 926. The summed E-state index contributed by atoms with van der Waals surface area (Å²) in [6, 6.07) is 6.02. The lowest BCUT2D eigenvalue weighted by Crippen LogP contribution is -2.44. The van der Waals surface area contributed by atoms with Crippen molar-refractivity contribution in [1.29, 1.82) is 0 Å². The van der Waals surface area contributed by atoms with Crippen LogP contribution in [-0.2, 0) is 11.2 Å². The molecule has 0 radical (unpaired) electrons. The van der Waals surface area contributed by atoms with Crippen LogP contribution in [0.5, 0.6) is 11.5 Å². The lowest BCUT2D eigenvalue weighted by atomic mass is 9.96. The number of fused-ring (bicyclic) bond motifs is 1. The van der Waals surface area contributed by atoms with E-state index in [-0.39, 0.29) is 17.9 Å². The molecule has 1 aromatic carbocycles. The molecule has 2 atom stereocenters. The van der Waals surface area contributed by atoms with E-state index in [1.165, 1.54) is 5.56 Å². The molecule has 0 unspecified atom stereocenters. The topological polar surface area (TPSA) is 76.6 Å². The molecule has 0 bridgehead atoms.